The molecule has 0 radical (unpaired) electrons. The number of tetrazole rings is 1. The van der Waals surface area contributed by atoms with Gasteiger partial charge in [-0.05, 0) is 64.9 Å². The van der Waals surface area contributed by atoms with Crippen LogP contribution in [0.5, 0.6) is 0 Å². The van der Waals surface area contributed by atoms with E-state index in [0.29, 0.717) is 23.6 Å². The Hall–Kier alpha value is -4.03. The van der Waals surface area contributed by atoms with Gasteiger partial charge in [-0.25, -0.2) is 8.78 Å². The third kappa shape index (κ3) is 6.70. The molecule has 1 N–H and O–H groups in total. The van der Waals surface area contributed by atoms with Gasteiger partial charge in [0.2, 0.25) is 17.6 Å². The highest BCUT2D eigenvalue weighted by Gasteiger charge is 2.33. The Morgan fingerprint density at radius 1 is 1.10 bits per heavy atom. The molecule has 9 nitrogen and oxygen atoms in total. The van der Waals surface area contributed by atoms with Crippen molar-refractivity contribution in [3.8, 4) is 10.7 Å². The lowest BCUT2D eigenvalue weighted by molar-refractivity contribution is -0.142. The molecule has 0 spiro atoms. The molecular formula is C27H26F2N6O3S. The van der Waals surface area contributed by atoms with Crippen molar-refractivity contribution in [1.82, 2.24) is 30.4 Å². The Bertz CT molecular complexity index is 1390. The second kappa shape index (κ2) is 12.2. The van der Waals surface area contributed by atoms with Gasteiger partial charge >= 0.3 is 0 Å². The van der Waals surface area contributed by atoms with Gasteiger partial charge in [0.25, 0.3) is 0 Å². The van der Waals surface area contributed by atoms with E-state index in [-0.39, 0.29) is 25.7 Å². The monoisotopic (exact) mass is 552 g/mol. The number of benzene rings is 2. The fourth-order valence-corrected chi connectivity index (χ4v) is 5.02. The average molecular weight is 553 g/mol. The summed E-state index contributed by atoms with van der Waals surface area (Å²) in [6.45, 7) is 0.608. The van der Waals surface area contributed by atoms with Crippen molar-refractivity contribution in [3.05, 3.63) is 88.8 Å². The SMILES string of the molecule is O=C(NC[C@H]1CCCO1)[C@@H](c1ccc(F)cc1)N(Cc1ccc(F)cc1)C(=O)Cn1nnc(-c2cccs2)n1. The van der Waals surface area contributed by atoms with E-state index in [1.807, 2.05) is 17.5 Å². The molecule has 5 rings (SSSR count). The number of nitrogens with one attached hydrogen (secondary N) is 1. The number of rotatable bonds is 10. The lowest BCUT2D eigenvalue weighted by Crippen LogP contribution is -2.46. The van der Waals surface area contributed by atoms with Crippen LogP contribution in [0.15, 0.2) is 66.0 Å². The Morgan fingerprint density at radius 3 is 2.51 bits per heavy atom. The van der Waals surface area contributed by atoms with Crippen molar-refractivity contribution in [2.24, 2.45) is 0 Å². The molecule has 39 heavy (non-hydrogen) atoms. The third-order valence-electron chi connectivity index (χ3n) is 6.33. The minimum Gasteiger partial charge on any atom is -0.376 e. The zero-order valence-corrected chi connectivity index (χ0v) is 21.7. The quantitative estimate of drug-likeness (QED) is 0.322. The first kappa shape index (κ1) is 26.6. The highest BCUT2D eigenvalue weighted by molar-refractivity contribution is 7.13. The minimum atomic E-state index is -1.11. The summed E-state index contributed by atoms with van der Waals surface area (Å²) < 4.78 is 33.0. The van der Waals surface area contributed by atoms with Crippen LogP contribution in [0.3, 0.4) is 0 Å². The van der Waals surface area contributed by atoms with E-state index >= 15 is 0 Å². The van der Waals surface area contributed by atoms with Crippen LogP contribution in [0.2, 0.25) is 0 Å². The van der Waals surface area contributed by atoms with Crippen LogP contribution in [-0.4, -0.2) is 56.2 Å². The summed E-state index contributed by atoms with van der Waals surface area (Å²) in [6, 6.07) is 13.7. The Labute approximate surface area is 227 Å². The Morgan fingerprint density at radius 2 is 1.85 bits per heavy atom. The van der Waals surface area contributed by atoms with Crippen molar-refractivity contribution in [2.45, 2.75) is 38.1 Å². The largest absolute Gasteiger partial charge is 0.376 e. The molecule has 1 fully saturated rings. The number of thiophene rings is 1. The molecule has 1 aliphatic heterocycles. The van der Waals surface area contributed by atoms with E-state index < -0.39 is 29.5 Å². The first-order valence-electron chi connectivity index (χ1n) is 12.5. The number of hydrogen-bond acceptors (Lipinski definition) is 7. The van der Waals surface area contributed by atoms with Crippen LogP contribution in [0.25, 0.3) is 10.7 Å². The first-order chi connectivity index (χ1) is 19.0. The standard InChI is InChI=1S/C27H26F2N6O3S/c28-20-9-5-18(6-10-20)16-34(24(36)17-35-32-26(31-33-35)23-4-2-14-39-23)25(19-7-11-21(29)12-8-19)27(37)30-15-22-3-1-13-38-22/h2,4-12,14,22,25H,1,3,13,15-17H2,(H,30,37)/t22-,25-/m1/s1. The highest BCUT2D eigenvalue weighted by atomic mass is 32.1. The summed E-state index contributed by atoms with van der Waals surface area (Å²) in [4.78, 5) is 30.7. The molecule has 2 atom stereocenters. The van der Waals surface area contributed by atoms with E-state index in [1.54, 1.807) is 12.1 Å². The zero-order chi connectivity index (χ0) is 27.2. The minimum absolute atomic E-state index is 0.0129. The number of amides is 2. The fourth-order valence-electron chi connectivity index (χ4n) is 4.37. The van der Waals surface area contributed by atoms with Gasteiger partial charge in [-0.15, -0.1) is 21.5 Å². The lowest BCUT2D eigenvalue weighted by Gasteiger charge is -2.31. The summed E-state index contributed by atoms with van der Waals surface area (Å²) >= 11 is 1.44. The number of halogens is 2. The molecule has 0 unspecified atom stereocenters. The van der Waals surface area contributed by atoms with Crippen molar-refractivity contribution < 1.29 is 23.1 Å². The van der Waals surface area contributed by atoms with Crippen molar-refractivity contribution in [2.75, 3.05) is 13.2 Å². The molecule has 2 aromatic carbocycles. The van der Waals surface area contributed by atoms with Crippen molar-refractivity contribution >= 4 is 23.2 Å². The summed E-state index contributed by atoms with van der Waals surface area (Å²) in [5.74, 6) is -1.43. The maximum absolute atomic E-state index is 13.8. The molecule has 2 amide bonds. The van der Waals surface area contributed by atoms with Gasteiger partial charge < -0.3 is 15.0 Å². The van der Waals surface area contributed by atoms with Crippen LogP contribution in [-0.2, 0) is 27.4 Å². The van der Waals surface area contributed by atoms with Gasteiger partial charge in [-0.2, -0.15) is 4.80 Å². The molecule has 0 aliphatic carbocycles. The lowest BCUT2D eigenvalue weighted by atomic mass is 10.0. The number of carbonyl (C=O) groups excluding carboxylic acids is 2. The number of aromatic nitrogens is 4. The van der Waals surface area contributed by atoms with Crippen LogP contribution in [0.1, 0.15) is 30.0 Å². The van der Waals surface area contributed by atoms with Crippen LogP contribution < -0.4 is 5.32 Å². The smallest absolute Gasteiger partial charge is 0.247 e. The zero-order valence-electron chi connectivity index (χ0n) is 20.9. The second-order valence-electron chi connectivity index (χ2n) is 9.10. The molecule has 0 saturated carbocycles. The predicted octanol–water partition coefficient (Wildman–Crippen LogP) is 3.75. The molecule has 202 valence electrons. The van der Waals surface area contributed by atoms with Gasteiger partial charge in [-0.3, -0.25) is 9.59 Å². The number of carbonyl (C=O) groups is 2. The van der Waals surface area contributed by atoms with Gasteiger partial charge in [0, 0.05) is 19.7 Å². The van der Waals surface area contributed by atoms with Gasteiger partial charge in [0.05, 0.1) is 11.0 Å². The average Bonchev–Trinajstić information content (AvgIpc) is 3.72. The maximum atomic E-state index is 13.8. The number of hydrogen-bond donors (Lipinski definition) is 1. The Kier molecular flexibility index (Phi) is 8.33. The second-order valence-corrected chi connectivity index (χ2v) is 10.1. The first-order valence-corrected chi connectivity index (χ1v) is 13.3. The van der Waals surface area contributed by atoms with E-state index in [0.717, 1.165) is 17.7 Å². The molecule has 12 heteroatoms. The summed E-state index contributed by atoms with van der Waals surface area (Å²) in [6.07, 6.45) is 1.62. The molecule has 2 aromatic heterocycles. The van der Waals surface area contributed by atoms with E-state index in [2.05, 4.69) is 20.7 Å². The van der Waals surface area contributed by atoms with Gasteiger partial charge in [-0.1, -0.05) is 30.3 Å². The summed E-state index contributed by atoms with van der Waals surface area (Å²) in [5.41, 5.74) is 1.03. The van der Waals surface area contributed by atoms with Crippen molar-refractivity contribution in [3.63, 3.8) is 0 Å². The summed E-state index contributed by atoms with van der Waals surface area (Å²) in [5, 5.41) is 17.1. The van der Waals surface area contributed by atoms with Crippen molar-refractivity contribution in [1.29, 1.82) is 0 Å². The topological polar surface area (TPSA) is 102 Å². The molecular weight excluding hydrogens is 526 g/mol. The molecule has 1 aliphatic rings. The van der Waals surface area contributed by atoms with Crippen LogP contribution in [0, 0.1) is 11.6 Å². The van der Waals surface area contributed by atoms with Gasteiger partial charge in [0.15, 0.2) is 0 Å². The third-order valence-corrected chi connectivity index (χ3v) is 7.20. The predicted molar refractivity (Wildman–Crippen MR) is 139 cm³/mol. The van der Waals surface area contributed by atoms with E-state index in [9.17, 15) is 18.4 Å². The molecule has 4 aromatic rings. The highest BCUT2D eigenvalue weighted by Crippen LogP contribution is 2.26. The van der Waals surface area contributed by atoms with Crippen LogP contribution in [0.4, 0.5) is 8.78 Å². The number of ether oxygens (including phenoxy) is 1. The van der Waals surface area contributed by atoms with Crippen LogP contribution >= 0.6 is 11.3 Å². The van der Waals surface area contributed by atoms with Gasteiger partial charge in [0.1, 0.15) is 24.2 Å². The number of nitrogens with zero attached hydrogens (tertiary/aromatic N) is 5. The maximum Gasteiger partial charge on any atom is 0.247 e. The molecule has 0 bridgehead atoms. The Balaban J connectivity index is 1.45. The molecule has 3 heterocycles. The summed E-state index contributed by atoms with van der Waals surface area (Å²) in [7, 11) is 0. The fraction of sp³-hybridized carbons (Fsp3) is 0.296. The molecule has 1 saturated heterocycles. The van der Waals surface area contributed by atoms with E-state index in [1.165, 1.54) is 57.4 Å². The normalized spacial score (nSPS) is 15.7. The van der Waals surface area contributed by atoms with E-state index in [4.69, 9.17) is 4.74 Å².